The van der Waals surface area contributed by atoms with Crippen LogP contribution in [0.4, 0.5) is 5.69 Å². The number of hydrogen-bond acceptors (Lipinski definition) is 5. The van der Waals surface area contributed by atoms with Gasteiger partial charge in [0.05, 0.1) is 18.3 Å². The fourth-order valence-electron chi connectivity index (χ4n) is 4.74. The lowest BCUT2D eigenvalue weighted by molar-refractivity contribution is -0.135. The molecule has 0 aromatic heterocycles. The summed E-state index contributed by atoms with van der Waals surface area (Å²) >= 11 is 0. The van der Waals surface area contributed by atoms with E-state index in [9.17, 15) is 9.59 Å². The van der Waals surface area contributed by atoms with Crippen molar-refractivity contribution in [3.05, 3.63) is 60.4 Å². The van der Waals surface area contributed by atoms with Crippen molar-refractivity contribution in [1.29, 1.82) is 0 Å². The summed E-state index contributed by atoms with van der Waals surface area (Å²) in [5.74, 6) is 1.53. The summed E-state index contributed by atoms with van der Waals surface area (Å²) in [7, 11) is 0. The number of carbonyl (C=O) groups is 2. The average Bonchev–Trinajstić information content (AvgIpc) is 2.83. The van der Waals surface area contributed by atoms with E-state index in [1.54, 1.807) is 0 Å². The molecule has 1 spiro atoms. The van der Waals surface area contributed by atoms with Crippen LogP contribution in [0.1, 0.15) is 53.4 Å². The first kappa shape index (κ1) is 27.4. The first-order chi connectivity index (χ1) is 17.3. The van der Waals surface area contributed by atoms with Crippen LogP contribution in [0.5, 0.6) is 5.75 Å². The third kappa shape index (κ3) is 7.90. The highest BCUT2D eigenvalue weighted by atomic mass is 16.5. The molecule has 0 atom stereocenters. The Morgan fingerprint density at radius 2 is 1.92 bits per heavy atom. The molecule has 1 aromatic rings. The van der Waals surface area contributed by atoms with E-state index in [-0.39, 0.29) is 30.1 Å². The number of anilines is 1. The van der Waals surface area contributed by atoms with Gasteiger partial charge in [-0.2, -0.15) is 0 Å². The van der Waals surface area contributed by atoms with Gasteiger partial charge < -0.3 is 24.6 Å². The van der Waals surface area contributed by atoms with Gasteiger partial charge in [0.2, 0.25) is 11.8 Å². The smallest absolute Gasteiger partial charge is 0.241 e. The quantitative estimate of drug-likeness (QED) is 0.421. The maximum Gasteiger partial charge on any atom is 0.241 e. The fraction of sp³-hybridized carbons (Fsp3) is 0.517. The first-order valence-electron chi connectivity index (χ1n) is 13.0. The second-order valence-electron chi connectivity index (χ2n) is 9.76. The molecular formula is C29H41N3O4. The van der Waals surface area contributed by atoms with Crippen molar-refractivity contribution in [2.45, 2.75) is 65.1 Å². The summed E-state index contributed by atoms with van der Waals surface area (Å²) < 4.78 is 12.6. The van der Waals surface area contributed by atoms with E-state index in [1.165, 1.54) is 6.92 Å². The zero-order valence-corrected chi connectivity index (χ0v) is 22.2. The number of allylic oxidation sites excluding steroid dienone is 4. The SMILES string of the molecule is C\C=C/C(=C\C=C\CN1CCCC2(CCN(C(=O)CNC(C)=O)CC2)Oc2ccccc21)OC(C)C. The number of fused-ring (bicyclic) bond motifs is 1. The zero-order valence-electron chi connectivity index (χ0n) is 22.2. The fourth-order valence-corrected chi connectivity index (χ4v) is 4.74. The third-order valence-electron chi connectivity index (χ3n) is 6.53. The van der Waals surface area contributed by atoms with Gasteiger partial charge in [0, 0.05) is 45.9 Å². The van der Waals surface area contributed by atoms with E-state index in [4.69, 9.17) is 9.47 Å². The van der Waals surface area contributed by atoms with Crippen molar-refractivity contribution >= 4 is 17.5 Å². The second kappa shape index (κ2) is 13.2. The maximum absolute atomic E-state index is 12.4. The van der Waals surface area contributed by atoms with E-state index in [0.29, 0.717) is 13.1 Å². The molecule has 2 aliphatic rings. The van der Waals surface area contributed by atoms with Crippen LogP contribution < -0.4 is 15.0 Å². The Morgan fingerprint density at radius 1 is 1.17 bits per heavy atom. The van der Waals surface area contributed by atoms with E-state index in [0.717, 1.165) is 56.0 Å². The molecule has 1 aromatic carbocycles. The number of amides is 2. The highest BCUT2D eigenvalue weighted by Crippen LogP contribution is 2.39. The molecule has 0 saturated carbocycles. The Kier molecular flexibility index (Phi) is 10.0. The van der Waals surface area contributed by atoms with E-state index in [1.807, 2.05) is 56.0 Å². The summed E-state index contributed by atoms with van der Waals surface area (Å²) in [6, 6.07) is 8.24. The minimum atomic E-state index is -0.263. The molecule has 1 saturated heterocycles. The molecule has 1 fully saturated rings. The third-order valence-corrected chi connectivity index (χ3v) is 6.53. The molecule has 0 aliphatic carbocycles. The molecule has 1 N–H and O–H groups in total. The van der Waals surface area contributed by atoms with Crippen molar-refractivity contribution in [3.8, 4) is 5.75 Å². The normalized spacial score (nSPS) is 18.2. The average molecular weight is 496 g/mol. The van der Waals surface area contributed by atoms with Crippen LogP contribution in [0.2, 0.25) is 0 Å². The molecule has 0 bridgehead atoms. The molecule has 2 heterocycles. The van der Waals surface area contributed by atoms with Crippen molar-refractivity contribution in [3.63, 3.8) is 0 Å². The van der Waals surface area contributed by atoms with Crippen molar-refractivity contribution < 1.29 is 19.1 Å². The number of likely N-dealkylation sites (tertiary alicyclic amines) is 1. The predicted octanol–water partition coefficient (Wildman–Crippen LogP) is 4.60. The van der Waals surface area contributed by atoms with Crippen LogP contribution in [0.3, 0.4) is 0 Å². The molecule has 2 aliphatic heterocycles. The number of para-hydroxylation sites is 2. The summed E-state index contributed by atoms with van der Waals surface area (Å²) in [6.07, 6.45) is 13.8. The van der Waals surface area contributed by atoms with Crippen LogP contribution >= 0.6 is 0 Å². The Balaban J connectivity index is 1.66. The summed E-state index contributed by atoms with van der Waals surface area (Å²) in [6.45, 7) is 10.5. The second-order valence-corrected chi connectivity index (χ2v) is 9.76. The Bertz CT molecular complexity index is 974. The topological polar surface area (TPSA) is 71.1 Å². The Labute approximate surface area is 215 Å². The van der Waals surface area contributed by atoms with Gasteiger partial charge in [-0.1, -0.05) is 30.4 Å². The standard InChI is InChI=1S/C29H41N3O4/c1-5-11-25(35-23(2)3)12-8-9-18-31-19-10-15-29(36-27-14-7-6-13-26(27)31)16-20-32(21-17-29)28(34)22-30-24(4)33/h5-9,11-14,23H,10,15-22H2,1-4H3,(H,30,33)/b9-8+,11-5-,25-12+. The molecule has 0 radical (unpaired) electrons. The zero-order chi connectivity index (χ0) is 26.0. The van der Waals surface area contributed by atoms with Gasteiger partial charge >= 0.3 is 0 Å². The van der Waals surface area contributed by atoms with Gasteiger partial charge in [-0.15, -0.1) is 0 Å². The van der Waals surface area contributed by atoms with Crippen LogP contribution in [0.15, 0.2) is 60.4 Å². The minimum absolute atomic E-state index is 0.0327. The van der Waals surface area contributed by atoms with Gasteiger partial charge in [0.25, 0.3) is 0 Å². The molecule has 7 nitrogen and oxygen atoms in total. The van der Waals surface area contributed by atoms with Crippen molar-refractivity contribution in [2.75, 3.05) is 37.6 Å². The number of nitrogens with zero attached hydrogens (tertiary/aromatic N) is 2. The molecular weight excluding hydrogens is 454 g/mol. The van der Waals surface area contributed by atoms with Gasteiger partial charge in [-0.3, -0.25) is 9.59 Å². The lowest BCUT2D eigenvalue weighted by atomic mass is 9.85. The maximum atomic E-state index is 12.4. The highest BCUT2D eigenvalue weighted by molar-refractivity contribution is 5.83. The van der Waals surface area contributed by atoms with Gasteiger partial charge in [-0.05, 0) is 57.9 Å². The lowest BCUT2D eigenvalue weighted by Crippen LogP contribution is -2.52. The lowest BCUT2D eigenvalue weighted by Gasteiger charge is -2.44. The van der Waals surface area contributed by atoms with Crippen LogP contribution in [0.25, 0.3) is 0 Å². The molecule has 3 rings (SSSR count). The van der Waals surface area contributed by atoms with Gasteiger partial charge in [0.1, 0.15) is 17.1 Å². The summed E-state index contributed by atoms with van der Waals surface area (Å²) in [5.41, 5.74) is 0.836. The Morgan fingerprint density at radius 3 is 2.61 bits per heavy atom. The van der Waals surface area contributed by atoms with Crippen LogP contribution in [0, 0.1) is 0 Å². The van der Waals surface area contributed by atoms with E-state index < -0.39 is 0 Å². The molecule has 36 heavy (non-hydrogen) atoms. The van der Waals surface area contributed by atoms with Crippen molar-refractivity contribution in [1.82, 2.24) is 10.2 Å². The summed E-state index contributed by atoms with van der Waals surface area (Å²) in [4.78, 5) is 27.8. The van der Waals surface area contributed by atoms with Crippen LogP contribution in [-0.4, -0.2) is 61.1 Å². The number of nitrogens with one attached hydrogen (secondary N) is 1. The number of hydrogen-bond donors (Lipinski definition) is 1. The number of rotatable bonds is 8. The number of ether oxygens (including phenoxy) is 2. The molecule has 196 valence electrons. The predicted molar refractivity (Wildman–Crippen MR) is 144 cm³/mol. The largest absolute Gasteiger partial charge is 0.491 e. The number of carbonyl (C=O) groups excluding carboxylic acids is 2. The number of piperidine rings is 1. The molecule has 0 unspecified atom stereocenters. The highest BCUT2D eigenvalue weighted by Gasteiger charge is 2.39. The molecule has 7 heteroatoms. The molecule has 2 amide bonds. The van der Waals surface area contributed by atoms with Crippen LogP contribution in [-0.2, 0) is 14.3 Å². The van der Waals surface area contributed by atoms with Gasteiger partial charge in [0.15, 0.2) is 0 Å². The number of benzene rings is 1. The monoisotopic (exact) mass is 495 g/mol. The Hall–Kier alpha value is -3.22. The first-order valence-corrected chi connectivity index (χ1v) is 13.0. The van der Waals surface area contributed by atoms with E-state index >= 15 is 0 Å². The van der Waals surface area contributed by atoms with E-state index in [2.05, 4.69) is 34.5 Å². The minimum Gasteiger partial charge on any atom is -0.491 e. The summed E-state index contributed by atoms with van der Waals surface area (Å²) in [5, 5.41) is 2.60. The van der Waals surface area contributed by atoms with Crippen molar-refractivity contribution in [2.24, 2.45) is 0 Å². The van der Waals surface area contributed by atoms with Gasteiger partial charge in [-0.25, -0.2) is 0 Å².